The van der Waals surface area contributed by atoms with Crippen molar-refractivity contribution in [2.75, 3.05) is 46.4 Å². The standard InChI is InChI=1S/C20H28N4O/c1-21-20(24-12-7-18(15-24)23-10-2-3-11-23)22-9-6-16-4-5-19-17(14-16)8-13-25-19/h2-5,14,18H,6-13,15H2,1H3,(H,21,22). The van der Waals surface area contributed by atoms with Gasteiger partial charge in [-0.1, -0.05) is 24.3 Å². The summed E-state index contributed by atoms with van der Waals surface area (Å²) in [7, 11) is 1.89. The second-order valence-corrected chi connectivity index (χ2v) is 7.08. The zero-order chi connectivity index (χ0) is 17.1. The molecule has 0 spiro atoms. The highest BCUT2D eigenvalue weighted by molar-refractivity contribution is 5.80. The molecule has 25 heavy (non-hydrogen) atoms. The maximum absolute atomic E-state index is 5.58. The third-order valence-electron chi connectivity index (χ3n) is 5.49. The molecule has 5 nitrogen and oxygen atoms in total. The largest absolute Gasteiger partial charge is 0.493 e. The Bertz CT molecular complexity index is 662. The van der Waals surface area contributed by atoms with Gasteiger partial charge in [-0.3, -0.25) is 9.89 Å². The summed E-state index contributed by atoms with van der Waals surface area (Å²) in [6.45, 7) is 6.12. The van der Waals surface area contributed by atoms with Gasteiger partial charge in [0.2, 0.25) is 0 Å². The predicted octanol–water partition coefficient (Wildman–Crippen LogP) is 1.69. The van der Waals surface area contributed by atoms with Gasteiger partial charge in [-0.05, 0) is 30.0 Å². The van der Waals surface area contributed by atoms with Crippen molar-refractivity contribution in [3.63, 3.8) is 0 Å². The van der Waals surface area contributed by atoms with Crippen molar-refractivity contribution >= 4 is 5.96 Å². The summed E-state index contributed by atoms with van der Waals surface area (Å²) < 4.78 is 5.58. The monoisotopic (exact) mass is 340 g/mol. The van der Waals surface area contributed by atoms with Gasteiger partial charge in [-0.25, -0.2) is 0 Å². The number of rotatable bonds is 4. The van der Waals surface area contributed by atoms with Crippen LogP contribution in [0.3, 0.4) is 0 Å². The number of benzene rings is 1. The molecule has 1 unspecified atom stereocenters. The number of nitrogens with one attached hydrogen (secondary N) is 1. The number of likely N-dealkylation sites (tertiary alicyclic amines) is 1. The van der Waals surface area contributed by atoms with Crippen LogP contribution in [0.25, 0.3) is 0 Å². The van der Waals surface area contributed by atoms with E-state index in [4.69, 9.17) is 4.74 Å². The minimum absolute atomic E-state index is 0.658. The Kier molecular flexibility index (Phi) is 4.92. The van der Waals surface area contributed by atoms with E-state index >= 15 is 0 Å². The molecule has 1 aromatic carbocycles. The van der Waals surface area contributed by atoms with Gasteiger partial charge in [0, 0.05) is 52.2 Å². The Labute approximate surface area is 150 Å². The average Bonchev–Trinajstić information content (AvgIpc) is 3.39. The summed E-state index contributed by atoms with van der Waals surface area (Å²) in [6, 6.07) is 7.24. The lowest BCUT2D eigenvalue weighted by Crippen LogP contribution is -2.43. The van der Waals surface area contributed by atoms with E-state index < -0.39 is 0 Å². The Morgan fingerprint density at radius 1 is 1.32 bits per heavy atom. The molecular weight excluding hydrogens is 312 g/mol. The molecule has 3 aliphatic heterocycles. The summed E-state index contributed by atoms with van der Waals surface area (Å²) in [6.07, 6.45) is 7.83. The smallest absolute Gasteiger partial charge is 0.193 e. The van der Waals surface area contributed by atoms with Crippen LogP contribution in [0.4, 0.5) is 0 Å². The summed E-state index contributed by atoms with van der Waals surface area (Å²) in [5, 5.41) is 3.55. The van der Waals surface area contributed by atoms with E-state index in [1.54, 1.807) is 0 Å². The number of nitrogens with zero attached hydrogens (tertiary/aromatic N) is 3. The van der Waals surface area contributed by atoms with Gasteiger partial charge >= 0.3 is 0 Å². The lowest BCUT2D eigenvalue weighted by Gasteiger charge is -2.25. The van der Waals surface area contributed by atoms with Crippen molar-refractivity contribution in [3.8, 4) is 5.75 Å². The van der Waals surface area contributed by atoms with E-state index in [0.717, 1.165) is 63.9 Å². The average molecular weight is 340 g/mol. The first-order valence-corrected chi connectivity index (χ1v) is 9.43. The number of fused-ring (bicyclic) bond motifs is 1. The second kappa shape index (κ2) is 7.48. The second-order valence-electron chi connectivity index (χ2n) is 7.08. The fourth-order valence-corrected chi connectivity index (χ4v) is 4.07. The molecule has 1 saturated heterocycles. The molecule has 1 N–H and O–H groups in total. The fourth-order valence-electron chi connectivity index (χ4n) is 4.07. The molecule has 1 fully saturated rings. The third kappa shape index (κ3) is 3.66. The summed E-state index contributed by atoms with van der Waals surface area (Å²) in [5.74, 6) is 2.10. The molecule has 0 radical (unpaired) electrons. The van der Waals surface area contributed by atoms with Crippen molar-refractivity contribution < 1.29 is 4.74 Å². The summed E-state index contributed by atoms with van der Waals surface area (Å²) >= 11 is 0. The minimum atomic E-state index is 0.658. The first-order valence-electron chi connectivity index (χ1n) is 9.43. The topological polar surface area (TPSA) is 40.1 Å². The van der Waals surface area contributed by atoms with Crippen LogP contribution in [0.2, 0.25) is 0 Å². The SMILES string of the molecule is CN=C(NCCc1ccc2c(c1)CCO2)N1CCC(N2CC=CC2)C1. The maximum Gasteiger partial charge on any atom is 0.193 e. The molecular formula is C20H28N4O. The fraction of sp³-hybridized carbons (Fsp3) is 0.550. The maximum atomic E-state index is 5.58. The van der Waals surface area contributed by atoms with E-state index in [-0.39, 0.29) is 0 Å². The molecule has 1 atom stereocenters. The van der Waals surface area contributed by atoms with Crippen molar-refractivity contribution in [1.29, 1.82) is 0 Å². The number of hydrogen-bond donors (Lipinski definition) is 1. The van der Waals surface area contributed by atoms with Crippen LogP contribution in [0.5, 0.6) is 5.75 Å². The zero-order valence-electron chi connectivity index (χ0n) is 15.1. The lowest BCUT2D eigenvalue weighted by molar-refractivity contribution is 0.259. The lowest BCUT2D eigenvalue weighted by atomic mass is 10.1. The molecule has 5 heteroatoms. The van der Waals surface area contributed by atoms with Crippen LogP contribution in [0, 0.1) is 0 Å². The molecule has 1 aromatic rings. The van der Waals surface area contributed by atoms with Gasteiger partial charge in [0.15, 0.2) is 5.96 Å². The van der Waals surface area contributed by atoms with Crippen LogP contribution in [-0.2, 0) is 12.8 Å². The minimum Gasteiger partial charge on any atom is -0.493 e. The molecule has 4 rings (SSSR count). The van der Waals surface area contributed by atoms with Gasteiger partial charge in [0.1, 0.15) is 5.75 Å². The van der Waals surface area contributed by atoms with Gasteiger partial charge in [0.05, 0.1) is 6.61 Å². The van der Waals surface area contributed by atoms with E-state index in [2.05, 4.69) is 50.5 Å². The molecule has 3 aliphatic rings. The Morgan fingerprint density at radius 3 is 3.04 bits per heavy atom. The highest BCUT2D eigenvalue weighted by Gasteiger charge is 2.29. The Morgan fingerprint density at radius 2 is 2.20 bits per heavy atom. The van der Waals surface area contributed by atoms with E-state index in [1.807, 2.05) is 7.05 Å². The number of ether oxygens (including phenoxy) is 1. The number of hydrogen-bond acceptors (Lipinski definition) is 3. The Hall–Kier alpha value is -2.01. The van der Waals surface area contributed by atoms with Crippen LogP contribution >= 0.6 is 0 Å². The molecule has 0 aromatic heterocycles. The van der Waals surface area contributed by atoms with Crippen molar-refractivity contribution in [2.45, 2.75) is 25.3 Å². The third-order valence-corrected chi connectivity index (χ3v) is 5.49. The quantitative estimate of drug-likeness (QED) is 0.514. The predicted molar refractivity (Wildman–Crippen MR) is 101 cm³/mol. The van der Waals surface area contributed by atoms with Crippen molar-refractivity contribution in [3.05, 3.63) is 41.5 Å². The van der Waals surface area contributed by atoms with E-state index in [9.17, 15) is 0 Å². The Balaban J connectivity index is 1.26. The number of guanidine groups is 1. The molecule has 3 heterocycles. The highest BCUT2D eigenvalue weighted by atomic mass is 16.5. The number of aliphatic imine (C=N–C) groups is 1. The first-order chi connectivity index (χ1) is 12.3. The van der Waals surface area contributed by atoms with Crippen LogP contribution in [-0.4, -0.2) is 68.2 Å². The van der Waals surface area contributed by atoms with E-state index in [0.29, 0.717) is 6.04 Å². The molecule has 0 saturated carbocycles. The summed E-state index contributed by atoms with van der Waals surface area (Å²) in [5.41, 5.74) is 2.72. The van der Waals surface area contributed by atoms with Gasteiger partial charge < -0.3 is 15.0 Å². The summed E-state index contributed by atoms with van der Waals surface area (Å²) in [4.78, 5) is 9.46. The van der Waals surface area contributed by atoms with E-state index in [1.165, 1.54) is 17.5 Å². The van der Waals surface area contributed by atoms with Crippen LogP contribution in [0.1, 0.15) is 17.5 Å². The molecule has 0 aliphatic carbocycles. The van der Waals surface area contributed by atoms with Crippen molar-refractivity contribution in [2.24, 2.45) is 4.99 Å². The zero-order valence-corrected chi connectivity index (χ0v) is 15.1. The normalized spacial score (nSPS) is 23.2. The van der Waals surface area contributed by atoms with Crippen LogP contribution in [0.15, 0.2) is 35.3 Å². The van der Waals surface area contributed by atoms with Crippen molar-refractivity contribution in [1.82, 2.24) is 15.1 Å². The van der Waals surface area contributed by atoms with Crippen LogP contribution < -0.4 is 10.1 Å². The molecule has 134 valence electrons. The van der Waals surface area contributed by atoms with Gasteiger partial charge in [-0.2, -0.15) is 0 Å². The highest BCUT2D eigenvalue weighted by Crippen LogP contribution is 2.26. The first kappa shape index (κ1) is 16.5. The molecule has 0 amide bonds. The molecule has 0 bridgehead atoms. The van der Waals surface area contributed by atoms with Gasteiger partial charge in [-0.15, -0.1) is 0 Å². The van der Waals surface area contributed by atoms with Gasteiger partial charge in [0.25, 0.3) is 0 Å².